The van der Waals surface area contributed by atoms with Gasteiger partial charge in [0.15, 0.2) is 23.1 Å². The number of fused-ring (bicyclic) bond motifs is 1. The molecule has 2 aromatic heterocycles. The van der Waals surface area contributed by atoms with Crippen molar-refractivity contribution < 1.29 is 18.6 Å². The molecule has 7 heteroatoms. The Morgan fingerprint density at radius 3 is 2.31 bits per heavy atom. The number of furan rings is 1. The van der Waals surface area contributed by atoms with Crippen LogP contribution in [0.3, 0.4) is 0 Å². The molecular formula is C25H27N3O4. The van der Waals surface area contributed by atoms with Gasteiger partial charge in [-0.1, -0.05) is 0 Å². The first kappa shape index (κ1) is 20.3. The number of benzene rings is 2. The lowest BCUT2D eigenvalue weighted by atomic mass is 10.1. The lowest BCUT2D eigenvalue weighted by Crippen LogP contribution is -2.17. The molecule has 1 fully saturated rings. The number of imidazole rings is 1. The predicted molar refractivity (Wildman–Crippen MR) is 124 cm³/mol. The monoisotopic (exact) mass is 433 g/mol. The van der Waals surface area contributed by atoms with Gasteiger partial charge in [0.25, 0.3) is 0 Å². The van der Waals surface area contributed by atoms with Crippen LogP contribution < -0.4 is 19.1 Å². The Morgan fingerprint density at radius 2 is 1.69 bits per heavy atom. The number of hydrogen-bond donors (Lipinski definition) is 0. The first-order chi connectivity index (χ1) is 15.7. The zero-order chi connectivity index (χ0) is 22.1. The smallest absolute Gasteiger partial charge is 0.203 e. The third-order valence-electron chi connectivity index (χ3n) is 6.01. The molecule has 166 valence electrons. The first-order valence-electron chi connectivity index (χ1n) is 10.8. The molecular weight excluding hydrogens is 406 g/mol. The molecule has 0 radical (unpaired) electrons. The van der Waals surface area contributed by atoms with Crippen molar-refractivity contribution in [1.29, 1.82) is 0 Å². The number of methoxy groups -OCH3 is 3. The second-order valence-corrected chi connectivity index (χ2v) is 7.90. The SMILES string of the molecule is COc1cc(Cn2c(-c3ccco3)nc3cc(N4CCCC4)ccc32)cc(OC)c1OC. The van der Waals surface area contributed by atoms with E-state index in [2.05, 4.69) is 27.7 Å². The minimum atomic E-state index is 0.576. The zero-order valence-corrected chi connectivity index (χ0v) is 18.6. The first-order valence-corrected chi connectivity index (χ1v) is 10.8. The highest BCUT2D eigenvalue weighted by molar-refractivity contribution is 5.83. The average molecular weight is 434 g/mol. The third kappa shape index (κ3) is 3.53. The van der Waals surface area contributed by atoms with Crippen molar-refractivity contribution in [1.82, 2.24) is 9.55 Å². The summed E-state index contributed by atoms with van der Waals surface area (Å²) in [5, 5.41) is 0. The number of hydrogen-bond acceptors (Lipinski definition) is 6. The molecule has 1 aliphatic rings. The molecule has 32 heavy (non-hydrogen) atoms. The van der Waals surface area contributed by atoms with Gasteiger partial charge in [-0.25, -0.2) is 4.98 Å². The molecule has 0 spiro atoms. The standard InChI is InChI=1S/C25H27N3O4/c1-29-22-13-17(14-23(30-2)24(22)31-3)16-28-20-9-8-18(27-10-4-5-11-27)15-19(20)26-25(28)21-7-6-12-32-21/h6-9,12-15H,4-5,10-11,16H2,1-3H3. The maximum atomic E-state index is 5.72. The van der Waals surface area contributed by atoms with Crippen molar-refractivity contribution in [2.45, 2.75) is 19.4 Å². The van der Waals surface area contributed by atoms with Crippen molar-refractivity contribution in [2.75, 3.05) is 39.3 Å². The number of aromatic nitrogens is 2. The second kappa shape index (κ2) is 8.49. The van der Waals surface area contributed by atoms with Crippen LogP contribution >= 0.6 is 0 Å². The van der Waals surface area contributed by atoms with Crippen LogP contribution in [-0.4, -0.2) is 44.0 Å². The molecule has 1 aliphatic heterocycles. The normalized spacial score (nSPS) is 13.7. The van der Waals surface area contributed by atoms with Crippen LogP contribution in [0.25, 0.3) is 22.6 Å². The highest BCUT2D eigenvalue weighted by atomic mass is 16.5. The maximum Gasteiger partial charge on any atom is 0.203 e. The van der Waals surface area contributed by atoms with Gasteiger partial charge in [0.05, 0.1) is 45.2 Å². The molecule has 7 nitrogen and oxygen atoms in total. The fraction of sp³-hybridized carbons (Fsp3) is 0.320. The lowest BCUT2D eigenvalue weighted by molar-refractivity contribution is 0.323. The highest BCUT2D eigenvalue weighted by Crippen LogP contribution is 2.39. The molecule has 1 saturated heterocycles. The molecule has 0 aliphatic carbocycles. The summed E-state index contributed by atoms with van der Waals surface area (Å²) in [5.74, 6) is 3.36. The Balaban J connectivity index is 1.62. The van der Waals surface area contributed by atoms with Crippen LogP contribution in [0, 0.1) is 0 Å². The van der Waals surface area contributed by atoms with E-state index in [1.807, 2.05) is 24.3 Å². The molecule has 3 heterocycles. The Labute approximate surface area is 187 Å². The summed E-state index contributed by atoms with van der Waals surface area (Å²) in [6.07, 6.45) is 4.16. The van der Waals surface area contributed by atoms with E-state index in [0.29, 0.717) is 23.8 Å². The van der Waals surface area contributed by atoms with Crippen molar-refractivity contribution in [3.05, 3.63) is 54.3 Å². The lowest BCUT2D eigenvalue weighted by Gasteiger charge is -2.17. The topological polar surface area (TPSA) is 61.9 Å². The van der Waals surface area contributed by atoms with Crippen LogP contribution in [0.4, 0.5) is 5.69 Å². The molecule has 0 bridgehead atoms. The molecule has 0 saturated carbocycles. The fourth-order valence-electron chi connectivity index (χ4n) is 4.45. The van der Waals surface area contributed by atoms with Gasteiger partial charge < -0.3 is 28.1 Å². The second-order valence-electron chi connectivity index (χ2n) is 7.90. The minimum absolute atomic E-state index is 0.576. The Hall–Kier alpha value is -3.61. The van der Waals surface area contributed by atoms with Gasteiger partial charge in [0, 0.05) is 18.8 Å². The van der Waals surface area contributed by atoms with Gasteiger partial charge >= 0.3 is 0 Å². The van der Waals surface area contributed by atoms with E-state index in [9.17, 15) is 0 Å². The maximum absolute atomic E-state index is 5.72. The molecule has 0 amide bonds. The Kier molecular flexibility index (Phi) is 5.39. The largest absolute Gasteiger partial charge is 0.493 e. The molecule has 2 aromatic carbocycles. The van der Waals surface area contributed by atoms with Crippen LogP contribution in [0.5, 0.6) is 17.2 Å². The molecule has 0 N–H and O–H groups in total. The summed E-state index contributed by atoms with van der Waals surface area (Å²) >= 11 is 0. The van der Waals surface area contributed by atoms with Crippen LogP contribution in [0.2, 0.25) is 0 Å². The number of rotatable bonds is 7. The van der Waals surface area contributed by atoms with E-state index >= 15 is 0 Å². The van der Waals surface area contributed by atoms with Crippen molar-refractivity contribution in [2.24, 2.45) is 0 Å². The van der Waals surface area contributed by atoms with E-state index in [1.165, 1.54) is 18.5 Å². The van der Waals surface area contributed by atoms with E-state index in [4.69, 9.17) is 23.6 Å². The van der Waals surface area contributed by atoms with Crippen LogP contribution in [0.1, 0.15) is 18.4 Å². The summed E-state index contributed by atoms with van der Waals surface area (Å²) in [6, 6.07) is 14.3. The van der Waals surface area contributed by atoms with Gasteiger partial charge in [0.1, 0.15) is 0 Å². The fourth-order valence-corrected chi connectivity index (χ4v) is 4.45. The van der Waals surface area contributed by atoms with Crippen molar-refractivity contribution >= 4 is 16.7 Å². The quantitative estimate of drug-likeness (QED) is 0.410. The Bertz CT molecular complexity index is 1200. The average Bonchev–Trinajstić information content (AvgIpc) is 3.59. The van der Waals surface area contributed by atoms with Crippen LogP contribution in [-0.2, 0) is 6.54 Å². The number of nitrogens with zero attached hydrogens (tertiary/aromatic N) is 3. The number of anilines is 1. The summed E-state index contributed by atoms with van der Waals surface area (Å²) in [6.45, 7) is 2.78. The zero-order valence-electron chi connectivity index (χ0n) is 18.6. The van der Waals surface area contributed by atoms with E-state index in [0.717, 1.165) is 41.3 Å². The summed E-state index contributed by atoms with van der Waals surface area (Å²) in [5.41, 5.74) is 4.23. The van der Waals surface area contributed by atoms with Gasteiger partial charge in [0.2, 0.25) is 5.75 Å². The Morgan fingerprint density at radius 1 is 0.938 bits per heavy atom. The molecule has 5 rings (SSSR count). The summed E-state index contributed by atoms with van der Waals surface area (Å²) in [7, 11) is 4.86. The van der Waals surface area contributed by atoms with Gasteiger partial charge in [-0.2, -0.15) is 0 Å². The van der Waals surface area contributed by atoms with E-state index < -0.39 is 0 Å². The van der Waals surface area contributed by atoms with Crippen LogP contribution in [0.15, 0.2) is 53.1 Å². The highest BCUT2D eigenvalue weighted by Gasteiger charge is 2.20. The van der Waals surface area contributed by atoms with E-state index in [-0.39, 0.29) is 0 Å². The predicted octanol–water partition coefficient (Wildman–Crippen LogP) is 4.97. The molecule has 0 unspecified atom stereocenters. The summed E-state index contributed by atoms with van der Waals surface area (Å²) in [4.78, 5) is 7.38. The molecule has 4 aromatic rings. The van der Waals surface area contributed by atoms with Gasteiger partial charge in [-0.3, -0.25) is 0 Å². The van der Waals surface area contributed by atoms with Crippen molar-refractivity contribution in [3.63, 3.8) is 0 Å². The molecule has 0 atom stereocenters. The summed E-state index contributed by atoms with van der Waals surface area (Å²) < 4.78 is 24.5. The van der Waals surface area contributed by atoms with Gasteiger partial charge in [-0.15, -0.1) is 0 Å². The number of ether oxygens (including phenoxy) is 3. The third-order valence-corrected chi connectivity index (χ3v) is 6.01. The van der Waals surface area contributed by atoms with Gasteiger partial charge in [-0.05, 0) is 60.9 Å². The minimum Gasteiger partial charge on any atom is -0.493 e. The van der Waals surface area contributed by atoms with Crippen molar-refractivity contribution in [3.8, 4) is 28.8 Å². The van der Waals surface area contributed by atoms with E-state index in [1.54, 1.807) is 27.6 Å².